The maximum atomic E-state index is 5.72. The van der Waals surface area contributed by atoms with E-state index in [2.05, 4.69) is 11.9 Å². The Labute approximate surface area is 95.2 Å². The lowest BCUT2D eigenvalue weighted by Crippen LogP contribution is -2.02. The fraction of sp³-hybridized carbons (Fsp3) is 0.308. The summed E-state index contributed by atoms with van der Waals surface area (Å²) >= 11 is 0. The van der Waals surface area contributed by atoms with Gasteiger partial charge in [-0.2, -0.15) is 0 Å². The van der Waals surface area contributed by atoms with E-state index in [1.807, 2.05) is 30.3 Å². The molecule has 3 heteroatoms. The molecule has 16 heavy (non-hydrogen) atoms. The summed E-state index contributed by atoms with van der Waals surface area (Å²) in [5.74, 6) is 0.882. The zero-order valence-electron chi connectivity index (χ0n) is 9.44. The predicted octanol–water partition coefficient (Wildman–Crippen LogP) is 2.48. The number of hydrogen-bond acceptors (Lipinski definition) is 3. The Balaban J connectivity index is 2.50. The van der Waals surface area contributed by atoms with Crippen molar-refractivity contribution in [2.24, 2.45) is 5.73 Å². The fourth-order valence-electron chi connectivity index (χ4n) is 1.63. The van der Waals surface area contributed by atoms with Crippen molar-refractivity contribution >= 4 is 10.9 Å². The van der Waals surface area contributed by atoms with Crippen molar-refractivity contribution in [1.82, 2.24) is 4.98 Å². The maximum absolute atomic E-state index is 5.72. The number of para-hydroxylation sites is 1. The molecule has 0 saturated heterocycles. The molecule has 3 nitrogen and oxygen atoms in total. The smallest absolute Gasteiger partial charge is 0.130 e. The van der Waals surface area contributed by atoms with E-state index in [1.165, 1.54) is 0 Å². The van der Waals surface area contributed by atoms with Crippen LogP contribution in [0.15, 0.2) is 30.3 Å². The van der Waals surface area contributed by atoms with E-state index in [9.17, 15) is 0 Å². The van der Waals surface area contributed by atoms with Gasteiger partial charge in [0.15, 0.2) is 0 Å². The minimum Gasteiger partial charge on any atom is -0.493 e. The average molecular weight is 216 g/mol. The Bertz CT molecular complexity index is 482. The van der Waals surface area contributed by atoms with Crippen molar-refractivity contribution in [2.45, 2.75) is 19.9 Å². The topological polar surface area (TPSA) is 48.1 Å². The molecular formula is C13H16N2O. The summed E-state index contributed by atoms with van der Waals surface area (Å²) in [6.45, 7) is 3.25. The van der Waals surface area contributed by atoms with Gasteiger partial charge < -0.3 is 10.5 Å². The number of fused-ring (bicyclic) bond motifs is 1. The van der Waals surface area contributed by atoms with Crippen LogP contribution in [0.3, 0.4) is 0 Å². The number of hydrogen-bond donors (Lipinski definition) is 1. The van der Waals surface area contributed by atoms with E-state index in [1.54, 1.807) is 0 Å². The normalized spacial score (nSPS) is 10.6. The first-order valence-electron chi connectivity index (χ1n) is 5.56. The summed E-state index contributed by atoms with van der Waals surface area (Å²) in [4.78, 5) is 4.46. The van der Waals surface area contributed by atoms with Crippen molar-refractivity contribution in [3.63, 3.8) is 0 Å². The highest BCUT2D eigenvalue weighted by atomic mass is 16.5. The zero-order chi connectivity index (χ0) is 11.4. The van der Waals surface area contributed by atoms with Gasteiger partial charge in [-0.3, -0.25) is 4.98 Å². The molecule has 0 unspecified atom stereocenters. The van der Waals surface area contributed by atoms with Gasteiger partial charge >= 0.3 is 0 Å². The summed E-state index contributed by atoms with van der Waals surface area (Å²) < 4.78 is 5.72. The molecule has 1 aromatic heterocycles. The quantitative estimate of drug-likeness (QED) is 0.854. The van der Waals surface area contributed by atoms with Gasteiger partial charge in [0.2, 0.25) is 0 Å². The molecule has 0 bridgehead atoms. The van der Waals surface area contributed by atoms with E-state index in [4.69, 9.17) is 10.5 Å². The van der Waals surface area contributed by atoms with E-state index >= 15 is 0 Å². The Morgan fingerprint density at radius 3 is 2.88 bits per heavy atom. The molecule has 0 aliphatic heterocycles. The highest BCUT2D eigenvalue weighted by Crippen LogP contribution is 2.25. The van der Waals surface area contributed by atoms with Crippen LogP contribution in [0.25, 0.3) is 10.9 Å². The molecule has 0 spiro atoms. The van der Waals surface area contributed by atoms with Crippen LogP contribution < -0.4 is 10.5 Å². The largest absolute Gasteiger partial charge is 0.493 e. The zero-order valence-corrected chi connectivity index (χ0v) is 9.44. The molecule has 1 aromatic carbocycles. The average Bonchev–Trinajstić information content (AvgIpc) is 2.35. The van der Waals surface area contributed by atoms with Crippen molar-refractivity contribution in [3.05, 3.63) is 36.0 Å². The van der Waals surface area contributed by atoms with Crippen molar-refractivity contribution in [2.75, 3.05) is 6.61 Å². The Morgan fingerprint density at radius 1 is 1.31 bits per heavy atom. The molecule has 0 radical (unpaired) electrons. The number of rotatable bonds is 4. The lowest BCUT2D eigenvalue weighted by atomic mass is 10.2. The standard InChI is InChI=1S/C13H16N2O/c1-2-7-16-13-8-10(9-14)15-12-6-4-3-5-11(12)13/h3-6,8H,2,7,9,14H2,1H3. The molecule has 1 heterocycles. The summed E-state index contributed by atoms with van der Waals surface area (Å²) in [5, 5.41) is 1.05. The van der Waals surface area contributed by atoms with Gasteiger partial charge in [-0.25, -0.2) is 0 Å². The number of nitrogens with zero attached hydrogens (tertiary/aromatic N) is 1. The molecule has 84 valence electrons. The Kier molecular flexibility index (Phi) is 3.37. The molecule has 0 amide bonds. The number of aromatic nitrogens is 1. The Morgan fingerprint density at radius 2 is 2.12 bits per heavy atom. The van der Waals surface area contributed by atoms with E-state index in [-0.39, 0.29) is 0 Å². The maximum Gasteiger partial charge on any atom is 0.130 e. The van der Waals surface area contributed by atoms with Crippen LogP contribution in [0.1, 0.15) is 19.0 Å². The van der Waals surface area contributed by atoms with E-state index in [0.29, 0.717) is 6.54 Å². The van der Waals surface area contributed by atoms with Gasteiger partial charge in [0.25, 0.3) is 0 Å². The fourth-order valence-corrected chi connectivity index (χ4v) is 1.63. The van der Waals surface area contributed by atoms with Crippen molar-refractivity contribution in [3.8, 4) is 5.75 Å². The van der Waals surface area contributed by atoms with Gasteiger partial charge in [-0.1, -0.05) is 19.1 Å². The Hall–Kier alpha value is -1.61. The van der Waals surface area contributed by atoms with Crippen LogP contribution in [-0.4, -0.2) is 11.6 Å². The van der Waals surface area contributed by atoms with Gasteiger partial charge in [-0.05, 0) is 18.6 Å². The third kappa shape index (κ3) is 2.14. The second-order valence-corrected chi connectivity index (χ2v) is 3.68. The molecule has 0 fully saturated rings. The van der Waals surface area contributed by atoms with Gasteiger partial charge in [0.1, 0.15) is 5.75 Å². The van der Waals surface area contributed by atoms with E-state index in [0.717, 1.165) is 35.4 Å². The molecular weight excluding hydrogens is 200 g/mol. The minimum atomic E-state index is 0.438. The summed E-state index contributed by atoms with van der Waals surface area (Å²) in [6.07, 6.45) is 0.995. The van der Waals surface area contributed by atoms with Crippen LogP contribution in [0.5, 0.6) is 5.75 Å². The van der Waals surface area contributed by atoms with Gasteiger partial charge in [-0.15, -0.1) is 0 Å². The lowest BCUT2D eigenvalue weighted by Gasteiger charge is -2.09. The van der Waals surface area contributed by atoms with Crippen LogP contribution in [-0.2, 0) is 6.54 Å². The minimum absolute atomic E-state index is 0.438. The third-order valence-corrected chi connectivity index (χ3v) is 2.40. The molecule has 0 atom stereocenters. The van der Waals surface area contributed by atoms with Crippen molar-refractivity contribution in [1.29, 1.82) is 0 Å². The number of nitrogens with two attached hydrogens (primary N) is 1. The first kappa shape index (κ1) is 10.9. The van der Waals surface area contributed by atoms with Gasteiger partial charge in [0, 0.05) is 18.0 Å². The number of benzene rings is 1. The summed E-state index contributed by atoms with van der Waals surface area (Å²) in [5.41, 5.74) is 7.43. The first-order valence-corrected chi connectivity index (χ1v) is 5.56. The number of ether oxygens (including phenoxy) is 1. The van der Waals surface area contributed by atoms with Crippen LogP contribution >= 0.6 is 0 Å². The monoisotopic (exact) mass is 216 g/mol. The molecule has 2 rings (SSSR count). The van der Waals surface area contributed by atoms with Crippen LogP contribution in [0, 0.1) is 0 Å². The second-order valence-electron chi connectivity index (χ2n) is 3.68. The summed E-state index contributed by atoms with van der Waals surface area (Å²) in [6, 6.07) is 9.89. The molecule has 2 aromatic rings. The molecule has 0 saturated carbocycles. The SMILES string of the molecule is CCCOc1cc(CN)nc2ccccc12. The highest BCUT2D eigenvalue weighted by molar-refractivity contribution is 5.85. The molecule has 0 aliphatic rings. The summed E-state index contributed by atoms with van der Waals surface area (Å²) in [7, 11) is 0. The highest BCUT2D eigenvalue weighted by Gasteiger charge is 2.05. The first-order chi connectivity index (χ1) is 7.85. The van der Waals surface area contributed by atoms with Crippen LogP contribution in [0.2, 0.25) is 0 Å². The van der Waals surface area contributed by atoms with Gasteiger partial charge in [0.05, 0.1) is 17.8 Å². The second kappa shape index (κ2) is 4.94. The third-order valence-electron chi connectivity index (χ3n) is 2.40. The predicted molar refractivity (Wildman–Crippen MR) is 65.4 cm³/mol. The lowest BCUT2D eigenvalue weighted by molar-refractivity contribution is 0.320. The molecule has 0 aliphatic carbocycles. The number of pyridine rings is 1. The van der Waals surface area contributed by atoms with Crippen LogP contribution in [0.4, 0.5) is 0 Å². The molecule has 2 N–H and O–H groups in total. The van der Waals surface area contributed by atoms with Crippen molar-refractivity contribution < 1.29 is 4.74 Å². The van der Waals surface area contributed by atoms with E-state index < -0.39 is 0 Å².